The first kappa shape index (κ1) is 14.2. The third-order valence-electron chi connectivity index (χ3n) is 3.41. The summed E-state index contributed by atoms with van der Waals surface area (Å²) >= 11 is 5.08. The van der Waals surface area contributed by atoms with E-state index >= 15 is 0 Å². The quantitative estimate of drug-likeness (QED) is 0.805. The Kier molecular flexibility index (Phi) is 4.37. The highest BCUT2D eigenvalue weighted by Gasteiger charge is 2.25. The number of nitrogens with zero attached hydrogens (tertiary/aromatic N) is 2. The highest BCUT2D eigenvalue weighted by molar-refractivity contribution is 7.80. The number of pyridine rings is 1. The van der Waals surface area contributed by atoms with Crippen molar-refractivity contribution >= 4 is 17.2 Å². The Labute approximate surface area is 120 Å². The number of aryl methyl sites for hydroxylation is 2. The SMILES string of the molecule is Cc1cc(OCCN(C)C2CC2)c(C(N)=S)c(C)n1. The van der Waals surface area contributed by atoms with Gasteiger partial charge in [-0.15, -0.1) is 0 Å². The van der Waals surface area contributed by atoms with E-state index in [9.17, 15) is 0 Å². The Balaban J connectivity index is 2.03. The molecule has 0 atom stereocenters. The molecule has 2 N–H and O–H groups in total. The Morgan fingerprint density at radius 3 is 2.79 bits per heavy atom. The van der Waals surface area contributed by atoms with Gasteiger partial charge in [-0.3, -0.25) is 4.98 Å². The summed E-state index contributed by atoms with van der Waals surface area (Å²) < 4.78 is 5.86. The normalized spacial score (nSPS) is 14.7. The smallest absolute Gasteiger partial charge is 0.133 e. The number of nitrogens with two attached hydrogens (primary N) is 1. The number of thiocarbonyl (C=S) groups is 1. The molecular formula is C14H21N3OS. The van der Waals surface area contributed by atoms with Gasteiger partial charge in [-0.25, -0.2) is 0 Å². The average molecular weight is 279 g/mol. The predicted octanol–water partition coefficient (Wildman–Crippen LogP) is 1.81. The number of ether oxygens (including phenoxy) is 1. The Morgan fingerprint density at radius 1 is 1.53 bits per heavy atom. The fourth-order valence-corrected chi connectivity index (χ4v) is 2.45. The van der Waals surface area contributed by atoms with Crippen LogP contribution in [-0.4, -0.2) is 41.1 Å². The molecule has 0 spiro atoms. The minimum absolute atomic E-state index is 0.343. The Morgan fingerprint density at radius 2 is 2.21 bits per heavy atom. The molecule has 1 fully saturated rings. The van der Waals surface area contributed by atoms with Crippen molar-refractivity contribution in [2.45, 2.75) is 32.7 Å². The maximum absolute atomic E-state index is 5.86. The highest BCUT2D eigenvalue weighted by atomic mass is 32.1. The van der Waals surface area contributed by atoms with Crippen molar-refractivity contribution in [1.29, 1.82) is 0 Å². The van der Waals surface area contributed by atoms with E-state index in [2.05, 4.69) is 16.9 Å². The molecule has 0 unspecified atom stereocenters. The molecule has 0 amide bonds. The van der Waals surface area contributed by atoms with Gasteiger partial charge in [-0.05, 0) is 33.7 Å². The fourth-order valence-electron chi connectivity index (χ4n) is 2.20. The van der Waals surface area contributed by atoms with Crippen molar-refractivity contribution in [3.05, 3.63) is 23.0 Å². The number of hydrogen-bond donors (Lipinski definition) is 1. The van der Waals surface area contributed by atoms with Gasteiger partial charge in [-0.2, -0.15) is 0 Å². The van der Waals surface area contributed by atoms with Crippen LogP contribution in [0.3, 0.4) is 0 Å². The van der Waals surface area contributed by atoms with Crippen LogP contribution in [0.4, 0.5) is 0 Å². The second-order valence-corrected chi connectivity index (χ2v) is 5.59. The number of hydrogen-bond acceptors (Lipinski definition) is 4. The van der Waals surface area contributed by atoms with Gasteiger partial charge >= 0.3 is 0 Å². The molecule has 104 valence electrons. The van der Waals surface area contributed by atoms with E-state index in [4.69, 9.17) is 22.7 Å². The van der Waals surface area contributed by atoms with Crippen LogP contribution in [0.1, 0.15) is 29.8 Å². The molecule has 0 aliphatic heterocycles. The van der Waals surface area contributed by atoms with Gasteiger partial charge in [0.25, 0.3) is 0 Å². The molecule has 1 heterocycles. The number of rotatable bonds is 6. The van der Waals surface area contributed by atoms with Crippen molar-refractivity contribution in [2.24, 2.45) is 5.73 Å². The lowest BCUT2D eigenvalue weighted by Gasteiger charge is -2.18. The van der Waals surface area contributed by atoms with Crippen LogP contribution < -0.4 is 10.5 Å². The summed E-state index contributed by atoms with van der Waals surface area (Å²) in [5, 5.41) is 0. The average Bonchev–Trinajstić information content (AvgIpc) is 3.10. The monoisotopic (exact) mass is 279 g/mol. The predicted molar refractivity (Wildman–Crippen MR) is 80.7 cm³/mol. The maximum atomic E-state index is 5.86. The minimum Gasteiger partial charge on any atom is -0.491 e. The van der Waals surface area contributed by atoms with E-state index in [-0.39, 0.29) is 0 Å². The molecule has 1 aliphatic rings. The van der Waals surface area contributed by atoms with Crippen LogP contribution in [0.15, 0.2) is 6.07 Å². The van der Waals surface area contributed by atoms with E-state index < -0.39 is 0 Å². The van der Waals surface area contributed by atoms with Crippen molar-refractivity contribution in [3.8, 4) is 5.75 Å². The van der Waals surface area contributed by atoms with Crippen LogP contribution >= 0.6 is 12.2 Å². The number of aromatic nitrogens is 1. The molecule has 1 aromatic heterocycles. The largest absolute Gasteiger partial charge is 0.491 e. The van der Waals surface area contributed by atoms with E-state index in [1.165, 1.54) is 12.8 Å². The van der Waals surface area contributed by atoms with Gasteiger partial charge in [0, 0.05) is 24.3 Å². The standard InChI is InChI=1S/C14H21N3OS/c1-9-8-12(13(14(15)19)10(2)16-9)18-7-6-17(3)11-4-5-11/h8,11H,4-7H2,1-3H3,(H2,15,19). The molecule has 1 aliphatic carbocycles. The third-order valence-corrected chi connectivity index (χ3v) is 3.61. The van der Waals surface area contributed by atoms with Gasteiger partial charge in [-0.1, -0.05) is 12.2 Å². The van der Waals surface area contributed by atoms with Gasteiger partial charge in [0.05, 0.1) is 11.3 Å². The minimum atomic E-state index is 0.343. The first-order valence-electron chi connectivity index (χ1n) is 6.60. The van der Waals surface area contributed by atoms with Crippen LogP contribution in [-0.2, 0) is 0 Å². The van der Waals surface area contributed by atoms with Crippen molar-refractivity contribution in [3.63, 3.8) is 0 Å². The molecule has 0 radical (unpaired) electrons. The first-order chi connectivity index (χ1) is 8.99. The zero-order valence-electron chi connectivity index (χ0n) is 11.8. The summed E-state index contributed by atoms with van der Waals surface area (Å²) in [7, 11) is 2.14. The van der Waals surface area contributed by atoms with Crippen molar-refractivity contribution < 1.29 is 4.74 Å². The fraction of sp³-hybridized carbons (Fsp3) is 0.571. The van der Waals surface area contributed by atoms with Gasteiger partial charge in [0.15, 0.2) is 0 Å². The summed E-state index contributed by atoms with van der Waals surface area (Å²) in [6, 6.07) is 2.65. The maximum Gasteiger partial charge on any atom is 0.133 e. The van der Waals surface area contributed by atoms with Gasteiger partial charge in [0.1, 0.15) is 17.3 Å². The molecule has 1 aromatic rings. The van der Waals surface area contributed by atoms with Gasteiger partial charge < -0.3 is 15.4 Å². The summed E-state index contributed by atoms with van der Waals surface area (Å²) in [5.41, 5.74) is 8.27. The summed E-state index contributed by atoms with van der Waals surface area (Å²) in [6.45, 7) is 5.41. The summed E-state index contributed by atoms with van der Waals surface area (Å²) in [5.74, 6) is 0.752. The van der Waals surface area contributed by atoms with Crippen LogP contribution in [0.5, 0.6) is 5.75 Å². The van der Waals surface area contributed by atoms with Crippen molar-refractivity contribution in [1.82, 2.24) is 9.88 Å². The molecular weight excluding hydrogens is 258 g/mol. The zero-order chi connectivity index (χ0) is 14.0. The Hall–Kier alpha value is -1.20. The second-order valence-electron chi connectivity index (χ2n) is 5.15. The molecule has 5 heteroatoms. The summed E-state index contributed by atoms with van der Waals surface area (Å²) in [4.78, 5) is 7.06. The molecule has 0 bridgehead atoms. The van der Waals surface area contributed by atoms with Crippen LogP contribution in [0, 0.1) is 13.8 Å². The van der Waals surface area contributed by atoms with Crippen molar-refractivity contribution in [2.75, 3.05) is 20.2 Å². The van der Waals surface area contributed by atoms with E-state index in [0.29, 0.717) is 11.6 Å². The third kappa shape index (κ3) is 3.64. The lowest BCUT2D eigenvalue weighted by molar-refractivity contribution is 0.231. The molecule has 1 saturated carbocycles. The Bertz CT molecular complexity index is 486. The molecule has 2 rings (SSSR count). The highest BCUT2D eigenvalue weighted by Crippen LogP contribution is 2.25. The first-order valence-corrected chi connectivity index (χ1v) is 7.01. The number of likely N-dealkylation sites (N-methyl/N-ethyl adjacent to an activating group) is 1. The molecule has 0 aromatic carbocycles. The molecule has 4 nitrogen and oxygen atoms in total. The molecule has 0 saturated heterocycles. The second kappa shape index (κ2) is 5.84. The van der Waals surface area contributed by atoms with E-state index in [1.54, 1.807) is 0 Å². The van der Waals surface area contributed by atoms with E-state index in [1.807, 2.05) is 19.9 Å². The van der Waals surface area contributed by atoms with Crippen LogP contribution in [0.25, 0.3) is 0 Å². The molecule has 19 heavy (non-hydrogen) atoms. The van der Waals surface area contributed by atoms with Crippen LogP contribution in [0.2, 0.25) is 0 Å². The lowest BCUT2D eigenvalue weighted by Crippen LogP contribution is -2.26. The van der Waals surface area contributed by atoms with Gasteiger partial charge in [0.2, 0.25) is 0 Å². The summed E-state index contributed by atoms with van der Waals surface area (Å²) in [6.07, 6.45) is 2.62. The zero-order valence-corrected chi connectivity index (χ0v) is 12.6. The topological polar surface area (TPSA) is 51.4 Å². The van der Waals surface area contributed by atoms with E-state index in [0.717, 1.165) is 35.3 Å². The lowest BCUT2D eigenvalue weighted by atomic mass is 10.1.